The van der Waals surface area contributed by atoms with Crippen molar-refractivity contribution in [2.24, 2.45) is 5.92 Å². The van der Waals surface area contributed by atoms with Crippen molar-refractivity contribution in [2.45, 2.75) is 45.2 Å². The molecule has 1 atom stereocenters. The third-order valence-corrected chi connectivity index (χ3v) is 3.16. The zero-order chi connectivity index (χ0) is 13.4. The van der Waals surface area contributed by atoms with Gasteiger partial charge in [-0.1, -0.05) is 0 Å². The molecule has 0 amide bonds. The van der Waals surface area contributed by atoms with E-state index < -0.39 is 0 Å². The first-order valence-electron chi connectivity index (χ1n) is 7.03. The van der Waals surface area contributed by atoms with Crippen molar-refractivity contribution in [2.75, 3.05) is 33.4 Å². The van der Waals surface area contributed by atoms with E-state index in [1.54, 1.807) is 0 Å². The number of ether oxygens (including phenoxy) is 1. The van der Waals surface area contributed by atoms with Crippen molar-refractivity contribution in [3.8, 4) is 6.07 Å². The highest BCUT2D eigenvalue weighted by Gasteiger charge is 2.20. The van der Waals surface area contributed by atoms with Crippen molar-refractivity contribution in [1.82, 2.24) is 10.2 Å². The van der Waals surface area contributed by atoms with E-state index >= 15 is 0 Å². The molecule has 18 heavy (non-hydrogen) atoms. The average molecular weight is 253 g/mol. The van der Waals surface area contributed by atoms with Crippen LogP contribution in [0.4, 0.5) is 0 Å². The van der Waals surface area contributed by atoms with Crippen molar-refractivity contribution >= 4 is 0 Å². The van der Waals surface area contributed by atoms with Crippen molar-refractivity contribution in [3.63, 3.8) is 0 Å². The minimum Gasteiger partial charge on any atom is -0.380 e. The van der Waals surface area contributed by atoms with Gasteiger partial charge in [-0.3, -0.25) is 5.32 Å². The molecule has 0 spiro atoms. The lowest BCUT2D eigenvalue weighted by molar-refractivity contribution is 0.103. The van der Waals surface area contributed by atoms with Gasteiger partial charge in [0, 0.05) is 25.7 Å². The lowest BCUT2D eigenvalue weighted by Crippen LogP contribution is -2.36. The molecule has 1 aliphatic carbocycles. The fraction of sp³-hybridized carbons (Fsp3) is 0.929. The van der Waals surface area contributed by atoms with Gasteiger partial charge in [-0.05, 0) is 46.1 Å². The van der Waals surface area contributed by atoms with Crippen LogP contribution in [-0.4, -0.2) is 50.3 Å². The molecule has 0 aromatic heterocycles. The van der Waals surface area contributed by atoms with Gasteiger partial charge in [0.1, 0.15) is 0 Å². The Hall–Kier alpha value is -0.630. The van der Waals surface area contributed by atoms with Gasteiger partial charge < -0.3 is 9.64 Å². The van der Waals surface area contributed by atoms with Gasteiger partial charge in [-0.15, -0.1) is 0 Å². The summed E-state index contributed by atoms with van der Waals surface area (Å²) in [6, 6.07) is 2.63. The molecule has 1 fully saturated rings. The summed E-state index contributed by atoms with van der Waals surface area (Å²) in [7, 11) is 2.09. The molecule has 0 radical (unpaired) electrons. The Morgan fingerprint density at radius 2 is 2.11 bits per heavy atom. The fourth-order valence-electron chi connectivity index (χ4n) is 1.80. The molecule has 1 saturated carbocycles. The Balaban J connectivity index is 1.99. The molecule has 104 valence electrons. The van der Waals surface area contributed by atoms with Gasteiger partial charge >= 0.3 is 0 Å². The molecular formula is C14H27N3O. The van der Waals surface area contributed by atoms with Crippen LogP contribution in [0.15, 0.2) is 0 Å². The second kappa shape index (κ2) is 8.47. The predicted octanol–water partition coefficient (Wildman–Crippen LogP) is 1.63. The fourth-order valence-corrected chi connectivity index (χ4v) is 1.80. The lowest BCUT2D eigenvalue weighted by atomic mass is 10.2. The van der Waals surface area contributed by atoms with E-state index in [9.17, 15) is 0 Å². The van der Waals surface area contributed by atoms with Crippen molar-refractivity contribution in [1.29, 1.82) is 5.26 Å². The molecular weight excluding hydrogens is 226 g/mol. The molecule has 1 N–H and O–H groups in total. The van der Waals surface area contributed by atoms with Crippen LogP contribution in [0, 0.1) is 17.2 Å². The van der Waals surface area contributed by atoms with Gasteiger partial charge in [0.2, 0.25) is 0 Å². The van der Waals surface area contributed by atoms with Crippen LogP contribution in [-0.2, 0) is 4.74 Å². The van der Waals surface area contributed by atoms with Gasteiger partial charge in [0.05, 0.1) is 18.7 Å². The summed E-state index contributed by atoms with van der Waals surface area (Å²) < 4.78 is 5.60. The summed E-state index contributed by atoms with van der Waals surface area (Å²) in [5.41, 5.74) is 0. The molecule has 0 saturated heterocycles. The van der Waals surface area contributed by atoms with Gasteiger partial charge in [0.25, 0.3) is 0 Å². The highest BCUT2D eigenvalue weighted by Crippen LogP contribution is 2.28. The summed E-state index contributed by atoms with van der Waals surface area (Å²) in [4.78, 5) is 2.24. The molecule has 4 nitrogen and oxygen atoms in total. The van der Waals surface area contributed by atoms with E-state index in [0.717, 1.165) is 38.6 Å². The number of rotatable bonds is 10. The van der Waals surface area contributed by atoms with Gasteiger partial charge in [-0.25, -0.2) is 0 Å². The van der Waals surface area contributed by atoms with Crippen LogP contribution in [0.25, 0.3) is 0 Å². The van der Waals surface area contributed by atoms with Crippen molar-refractivity contribution < 1.29 is 4.74 Å². The first kappa shape index (κ1) is 15.4. The Labute approximate surface area is 111 Å². The van der Waals surface area contributed by atoms with E-state index in [1.807, 2.05) is 0 Å². The quantitative estimate of drug-likeness (QED) is 0.601. The average Bonchev–Trinajstić information content (AvgIpc) is 3.13. The van der Waals surface area contributed by atoms with Gasteiger partial charge in [-0.2, -0.15) is 5.26 Å². The summed E-state index contributed by atoms with van der Waals surface area (Å²) in [6.45, 7) is 7.77. The lowest BCUT2D eigenvalue weighted by Gasteiger charge is -2.20. The van der Waals surface area contributed by atoms with Crippen molar-refractivity contribution in [3.05, 3.63) is 0 Å². The predicted molar refractivity (Wildman–Crippen MR) is 73.3 cm³/mol. The highest BCUT2D eigenvalue weighted by atomic mass is 16.5. The molecule has 0 heterocycles. The maximum atomic E-state index is 9.01. The Kier molecular flexibility index (Phi) is 7.26. The third-order valence-electron chi connectivity index (χ3n) is 3.16. The van der Waals surface area contributed by atoms with Crippen LogP contribution < -0.4 is 5.32 Å². The number of nitriles is 1. The standard InChI is InChI=1S/C14H27N3O/c1-12(2)16-14(10-15)6-7-17(3)8-9-18-11-13-4-5-13/h12-14,16H,4-9,11H2,1-3H3. The third kappa shape index (κ3) is 7.65. The minimum atomic E-state index is -0.0418. The summed E-state index contributed by atoms with van der Waals surface area (Å²) in [5, 5.41) is 12.3. The van der Waals surface area contributed by atoms with E-state index in [0.29, 0.717) is 6.04 Å². The molecule has 1 rings (SSSR count). The van der Waals surface area contributed by atoms with Crippen LogP contribution in [0.2, 0.25) is 0 Å². The second-order valence-electron chi connectivity index (χ2n) is 5.61. The highest BCUT2D eigenvalue weighted by molar-refractivity contribution is 4.90. The Bertz CT molecular complexity index is 258. The summed E-state index contributed by atoms with van der Waals surface area (Å²) in [6.07, 6.45) is 3.56. The molecule has 0 bridgehead atoms. The number of hydrogen-bond donors (Lipinski definition) is 1. The Morgan fingerprint density at radius 3 is 2.67 bits per heavy atom. The zero-order valence-corrected chi connectivity index (χ0v) is 12.0. The van der Waals surface area contributed by atoms with Crippen LogP contribution in [0.5, 0.6) is 0 Å². The first-order valence-corrected chi connectivity index (χ1v) is 7.03. The van der Waals surface area contributed by atoms with E-state index in [4.69, 9.17) is 10.00 Å². The summed E-state index contributed by atoms with van der Waals surface area (Å²) in [5.74, 6) is 0.841. The maximum absolute atomic E-state index is 9.01. The van der Waals surface area contributed by atoms with E-state index in [2.05, 4.69) is 37.2 Å². The number of likely N-dealkylation sites (N-methyl/N-ethyl adjacent to an activating group) is 1. The summed E-state index contributed by atoms with van der Waals surface area (Å²) >= 11 is 0. The normalized spacial score (nSPS) is 17.1. The molecule has 1 aliphatic rings. The molecule has 0 aromatic rings. The molecule has 0 aliphatic heterocycles. The van der Waals surface area contributed by atoms with E-state index in [1.165, 1.54) is 12.8 Å². The topological polar surface area (TPSA) is 48.3 Å². The number of nitrogens with zero attached hydrogens (tertiary/aromatic N) is 2. The van der Waals surface area contributed by atoms with Crippen LogP contribution >= 0.6 is 0 Å². The first-order chi connectivity index (χ1) is 8.61. The van der Waals surface area contributed by atoms with E-state index in [-0.39, 0.29) is 6.04 Å². The van der Waals surface area contributed by atoms with Crippen LogP contribution in [0.3, 0.4) is 0 Å². The largest absolute Gasteiger partial charge is 0.380 e. The zero-order valence-electron chi connectivity index (χ0n) is 12.0. The SMILES string of the molecule is CC(C)NC(C#N)CCN(C)CCOCC1CC1. The Morgan fingerprint density at radius 1 is 1.39 bits per heavy atom. The maximum Gasteiger partial charge on any atom is 0.0967 e. The van der Waals surface area contributed by atoms with Gasteiger partial charge in [0.15, 0.2) is 0 Å². The minimum absolute atomic E-state index is 0.0418. The molecule has 4 heteroatoms. The second-order valence-corrected chi connectivity index (χ2v) is 5.61. The molecule has 1 unspecified atom stereocenters. The smallest absolute Gasteiger partial charge is 0.0967 e. The number of hydrogen-bond acceptors (Lipinski definition) is 4. The van der Waals surface area contributed by atoms with Crippen LogP contribution in [0.1, 0.15) is 33.1 Å². The monoisotopic (exact) mass is 253 g/mol. The number of nitrogens with one attached hydrogen (secondary N) is 1. The molecule has 0 aromatic carbocycles.